The fourth-order valence-corrected chi connectivity index (χ4v) is 1.02. The Labute approximate surface area is 83.3 Å². The van der Waals surface area contributed by atoms with Gasteiger partial charge in [0.2, 0.25) is 11.8 Å². The molecule has 0 fully saturated rings. The fourth-order valence-electron chi connectivity index (χ4n) is 1.02. The maximum atomic E-state index is 5.46. The summed E-state index contributed by atoms with van der Waals surface area (Å²) in [6, 6.07) is 1.75. The number of nitrogen functional groups attached to an aromatic ring is 1. The first-order valence-corrected chi connectivity index (χ1v) is 4.45. The Balaban J connectivity index is 2.42. The van der Waals surface area contributed by atoms with Gasteiger partial charge in [-0.15, -0.1) is 0 Å². The highest BCUT2D eigenvalue weighted by atomic mass is 16.5. The Morgan fingerprint density at radius 3 is 2.79 bits per heavy atom. The number of nitrogens with zero attached hydrogens (tertiary/aromatic N) is 2. The van der Waals surface area contributed by atoms with Crippen molar-refractivity contribution in [3.05, 3.63) is 11.8 Å². The number of anilines is 1. The molecular formula is C9H15N3O2. The van der Waals surface area contributed by atoms with E-state index in [4.69, 9.17) is 15.2 Å². The molecule has 2 N–H and O–H groups in total. The molecule has 1 heterocycles. The molecule has 0 aliphatic carbocycles. The Bertz CT molecular complexity index is 271. The molecule has 5 heteroatoms. The topological polar surface area (TPSA) is 70.3 Å². The summed E-state index contributed by atoms with van der Waals surface area (Å²) in [5.74, 6) is 0.762. The Morgan fingerprint density at radius 2 is 2.14 bits per heavy atom. The summed E-state index contributed by atoms with van der Waals surface area (Å²) in [6.45, 7) is 3.10. The second-order valence-electron chi connectivity index (χ2n) is 2.90. The average Bonchev–Trinajstić information content (AvgIpc) is 2.11. The second-order valence-corrected chi connectivity index (χ2v) is 2.90. The summed E-state index contributed by atoms with van der Waals surface area (Å²) < 4.78 is 10.2. The molecule has 1 aromatic rings. The van der Waals surface area contributed by atoms with Crippen molar-refractivity contribution in [2.24, 2.45) is 0 Å². The first-order chi connectivity index (χ1) is 6.72. The number of ether oxygens (including phenoxy) is 2. The first kappa shape index (κ1) is 10.7. The van der Waals surface area contributed by atoms with Gasteiger partial charge in [-0.1, -0.05) is 0 Å². The van der Waals surface area contributed by atoms with E-state index in [9.17, 15) is 0 Å². The van der Waals surface area contributed by atoms with Crippen LogP contribution in [-0.4, -0.2) is 30.3 Å². The van der Waals surface area contributed by atoms with Gasteiger partial charge in [-0.05, 0) is 6.92 Å². The quantitative estimate of drug-likeness (QED) is 0.706. The van der Waals surface area contributed by atoms with Gasteiger partial charge in [0.25, 0.3) is 0 Å². The van der Waals surface area contributed by atoms with E-state index in [0.717, 1.165) is 12.1 Å². The van der Waals surface area contributed by atoms with E-state index in [1.165, 1.54) is 0 Å². The summed E-state index contributed by atoms with van der Waals surface area (Å²) in [4.78, 5) is 7.88. The van der Waals surface area contributed by atoms with Gasteiger partial charge in [0, 0.05) is 31.9 Å². The number of hydrogen-bond acceptors (Lipinski definition) is 5. The molecule has 0 atom stereocenters. The monoisotopic (exact) mass is 197 g/mol. The first-order valence-electron chi connectivity index (χ1n) is 4.45. The lowest BCUT2D eigenvalue weighted by Crippen LogP contribution is -2.05. The van der Waals surface area contributed by atoms with Crippen molar-refractivity contribution >= 4 is 5.95 Å². The van der Waals surface area contributed by atoms with Crippen molar-refractivity contribution in [1.82, 2.24) is 9.97 Å². The molecule has 0 aliphatic rings. The van der Waals surface area contributed by atoms with Crippen LogP contribution in [0.25, 0.3) is 0 Å². The van der Waals surface area contributed by atoms with Crippen LogP contribution in [-0.2, 0) is 4.74 Å². The third-order valence-corrected chi connectivity index (χ3v) is 1.59. The van der Waals surface area contributed by atoms with Gasteiger partial charge in [-0.25, -0.2) is 4.98 Å². The highest BCUT2D eigenvalue weighted by molar-refractivity contribution is 5.25. The van der Waals surface area contributed by atoms with Crippen molar-refractivity contribution < 1.29 is 9.47 Å². The minimum Gasteiger partial charge on any atom is -0.477 e. The molecule has 0 aliphatic heterocycles. The fraction of sp³-hybridized carbons (Fsp3) is 0.556. The number of aromatic nitrogens is 2. The molecule has 0 radical (unpaired) electrons. The number of hydrogen-bond donors (Lipinski definition) is 1. The largest absolute Gasteiger partial charge is 0.477 e. The summed E-state index contributed by atoms with van der Waals surface area (Å²) in [5, 5.41) is 0. The lowest BCUT2D eigenvalue weighted by atomic mass is 10.4. The molecule has 0 unspecified atom stereocenters. The lowest BCUT2D eigenvalue weighted by Gasteiger charge is -2.05. The summed E-state index contributed by atoms with van der Waals surface area (Å²) in [5.41, 5.74) is 6.27. The van der Waals surface area contributed by atoms with E-state index in [0.29, 0.717) is 19.1 Å². The van der Waals surface area contributed by atoms with Crippen molar-refractivity contribution in [3.63, 3.8) is 0 Å². The van der Waals surface area contributed by atoms with Crippen molar-refractivity contribution in [1.29, 1.82) is 0 Å². The van der Waals surface area contributed by atoms with E-state index < -0.39 is 0 Å². The van der Waals surface area contributed by atoms with Crippen molar-refractivity contribution in [3.8, 4) is 5.88 Å². The van der Waals surface area contributed by atoms with Gasteiger partial charge >= 0.3 is 0 Å². The molecule has 0 bridgehead atoms. The number of methoxy groups -OCH3 is 1. The van der Waals surface area contributed by atoms with E-state index in [-0.39, 0.29) is 5.95 Å². The molecule has 78 valence electrons. The number of nitrogens with two attached hydrogens (primary N) is 1. The van der Waals surface area contributed by atoms with E-state index >= 15 is 0 Å². The third kappa shape index (κ3) is 3.57. The van der Waals surface area contributed by atoms with Crippen LogP contribution in [0.3, 0.4) is 0 Å². The van der Waals surface area contributed by atoms with Crippen LogP contribution in [0.5, 0.6) is 5.88 Å². The van der Waals surface area contributed by atoms with Crippen molar-refractivity contribution in [2.75, 3.05) is 26.1 Å². The molecular weight excluding hydrogens is 182 g/mol. The Kier molecular flexibility index (Phi) is 4.12. The van der Waals surface area contributed by atoms with Crippen LogP contribution in [0, 0.1) is 6.92 Å². The van der Waals surface area contributed by atoms with Crippen LogP contribution in [0.15, 0.2) is 6.07 Å². The molecule has 0 amide bonds. The Morgan fingerprint density at radius 1 is 1.36 bits per heavy atom. The van der Waals surface area contributed by atoms with Crippen LogP contribution in [0.2, 0.25) is 0 Å². The molecule has 5 nitrogen and oxygen atoms in total. The lowest BCUT2D eigenvalue weighted by molar-refractivity contribution is 0.170. The summed E-state index contributed by atoms with van der Waals surface area (Å²) in [7, 11) is 1.66. The predicted molar refractivity (Wildman–Crippen MR) is 53.2 cm³/mol. The third-order valence-electron chi connectivity index (χ3n) is 1.59. The molecule has 0 saturated heterocycles. The zero-order chi connectivity index (χ0) is 10.4. The smallest absolute Gasteiger partial charge is 0.223 e. The SMILES string of the molecule is COCCCOc1cc(C)nc(N)n1. The summed E-state index contributed by atoms with van der Waals surface area (Å²) in [6.07, 6.45) is 0.833. The normalized spacial score (nSPS) is 10.1. The number of rotatable bonds is 5. The van der Waals surface area contributed by atoms with Gasteiger partial charge in [0.05, 0.1) is 6.61 Å². The number of aryl methyl sites for hydroxylation is 1. The maximum absolute atomic E-state index is 5.46. The highest BCUT2D eigenvalue weighted by Gasteiger charge is 1.99. The van der Waals surface area contributed by atoms with Gasteiger partial charge < -0.3 is 15.2 Å². The standard InChI is InChI=1S/C9H15N3O2/c1-7-6-8(12-9(10)11-7)14-5-3-4-13-2/h6H,3-5H2,1-2H3,(H2,10,11,12). The van der Waals surface area contributed by atoms with Gasteiger partial charge in [-0.3, -0.25) is 0 Å². The van der Waals surface area contributed by atoms with Crippen LogP contribution in [0.4, 0.5) is 5.95 Å². The zero-order valence-corrected chi connectivity index (χ0v) is 8.49. The Hall–Kier alpha value is -1.36. The second kappa shape index (κ2) is 5.39. The van der Waals surface area contributed by atoms with Crippen LogP contribution >= 0.6 is 0 Å². The average molecular weight is 197 g/mol. The maximum Gasteiger partial charge on any atom is 0.223 e. The summed E-state index contributed by atoms with van der Waals surface area (Å²) >= 11 is 0. The van der Waals surface area contributed by atoms with E-state index in [1.54, 1.807) is 13.2 Å². The van der Waals surface area contributed by atoms with Gasteiger partial charge in [-0.2, -0.15) is 4.98 Å². The molecule has 1 aromatic heterocycles. The van der Waals surface area contributed by atoms with Gasteiger partial charge in [0.15, 0.2) is 0 Å². The molecule has 0 aromatic carbocycles. The predicted octanol–water partition coefficient (Wildman–Crippen LogP) is 0.783. The zero-order valence-electron chi connectivity index (χ0n) is 8.49. The molecule has 1 rings (SSSR count). The minimum atomic E-state index is 0.242. The van der Waals surface area contributed by atoms with Crippen LogP contribution in [0.1, 0.15) is 12.1 Å². The van der Waals surface area contributed by atoms with E-state index in [1.807, 2.05) is 6.92 Å². The van der Waals surface area contributed by atoms with Crippen molar-refractivity contribution in [2.45, 2.75) is 13.3 Å². The highest BCUT2D eigenvalue weighted by Crippen LogP contribution is 2.09. The molecule has 14 heavy (non-hydrogen) atoms. The van der Waals surface area contributed by atoms with Gasteiger partial charge in [0.1, 0.15) is 0 Å². The minimum absolute atomic E-state index is 0.242. The van der Waals surface area contributed by atoms with Crippen LogP contribution < -0.4 is 10.5 Å². The molecule has 0 spiro atoms. The van der Waals surface area contributed by atoms with E-state index in [2.05, 4.69) is 9.97 Å². The molecule has 0 saturated carbocycles.